The van der Waals surface area contributed by atoms with Crippen molar-refractivity contribution in [3.05, 3.63) is 39.4 Å². The molecule has 0 aliphatic carbocycles. The molecular formula is C8H9N5O3. The highest BCUT2D eigenvalue weighted by atomic mass is 16.6. The minimum Gasteiger partial charge on any atom is -0.321 e. The Morgan fingerprint density at radius 1 is 1.56 bits per heavy atom. The summed E-state index contributed by atoms with van der Waals surface area (Å²) in [6.07, 6.45) is 0.529. The van der Waals surface area contributed by atoms with Crippen molar-refractivity contribution in [2.24, 2.45) is 16.8 Å². The third-order valence-electron chi connectivity index (χ3n) is 1.90. The van der Waals surface area contributed by atoms with Crippen LogP contribution in [-0.2, 0) is 0 Å². The number of benzene rings is 1. The van der Waals surface area contributed by atoms with Gasteiger partial charge in [-0.15, -0.1) is 0 Å². The third kappa shape index (κ3) is 2.12. The normalized spacial score (nSPS) is 10.9. The molecule has 5 N–H and O–H groups in total. The predicted octanol–water partition coefficient (Wildman–Crippen LogP) is -0.509. The zero-order valence-electron chi connectivity index (χ0n) is 8.08. The molecule has 0 radical (unpaired) electrons. The monoisotopic (exact) mass is 223 g/mol. The van der Waals surface area contributed by atoms with E-state index in [1.54, 1.807) is 0 Å². The first-order valence-electron chi connectivity index (χ1n) is 4.12. The van der Waals surface area contributed by atoms with Gasteiger partial charge < -0.3 is 11.3 Å². The maximum Gasteiger partial charge on any atom is 0.270 e. The number of nitro groups is 1. The fourth-order valence-corrected chi connectivity index (χ4v) is 1.15. The number of rotatable bonds is 3. The highest BCUT2D eigenvalue weighted by molar-refractivity contribution is 6.04. The molecule has 0 spiro atoms. The Balaban J connectivity index is 3.38. The molecule has 0 aliphatic heterocycles. The third-order valence-corrected chi connectivity index (χ3v) is 1.90. The van der Waals surface area contributed by atoms with Gasteiger partial charge in [0.2, 0.25) is 0 Å². The first-order chi connectivity index (χ1) is 7.63. The van der Waals surface area contributed by atoms with E-state index in [-0.39, 0.29) is 22.6 Å². The van der Waals surface area contributed by atoms with Gasteiger partial charge in [-0.25, -0.2) is 5.84 Å². The lowest BCUT2D eigenvalue weighted by Gasteiger charge is -2.06. The van der Waals surface area contributed by atoms with Crippen LogP contribution in [0.15, 0.2) is 23.3 Å². The number of nitro benzene ring substituents is 1. The van der Waals surface area contributed by atoms with Gasteiger partial charge in [0.15, 0.2) is 12.1 Å². The number of carbonyl (C=O) groups excluding carboxylic acids is 1. The van der Waals surface area contributed by atoms with Gasteiger partial charge in [-0.1, -0.05) is 0 Å². The molecule has 8 heteroatoms. The average Bonchev–Trinajstić information content (AvgIpc) is 2.30. The second kappa shape index (κ2) is 4.84. The van der Waals surface area contributed by atoms with Crippen LogP contribution >= 0.6 is 0 Å². The molecule has 1 aromatic rings. The van der Waals surface area contributed by atoms with Crippen molar-refractivity contribution in [1.82, 2.24) is 5.43 Å². The molecular weight excluding hydrogens is 214 g/mol. The van der Waals surface area contributed by atoms with Gasteiger partial charge in [0.25, 0.3) is 5.69 Å². The maximum atomic E-state index is 10.7. The Morgan fingerprint density at radius 2 is 2.25 bits per heavy atom. The van der Waals surface area contributed by atoms with Gasteiger partial charge in [0.05, 0.1) is 4.92 Å². The summed E-state index contributed by atoms with van der Waals surface area (Å²) in [5, 5.41) is 13.8. The highest BCUT2D eigenvalue weighted by Crippen LogP contribution is 2.16. The van der Waals surface area contributed by atoms with E-state index in [4.69, 9.17) is 11.7 Å². The topological polar surface area (TPSA) is 137 Å². The minimum atomic E-state index is -0.595. The quantitative estimate of drug-likeness (QED) is 0.158. The van der Waals surface area contributed by atoms with Crippen molar-refractivity contribution in [1.29, 1.82) is 0 Å². The maximum absolute atomic E-state index is 10.7. The molecule has 0 amide bonds. The minimum absolute atomic E-state index is 0.00852. The van der Waals surface area contributed by atoms with Crippen LogP contribution in [0.3, 0.4) is 0 Å². The molecule has 0 unspecified atom stereocenters. The summed E-state index contributed by atoms with van der Waals surface area (Å²) in [6, 6.07) is 3.66. The lowest BCUT2D eigenvalue weighted by atomic mass is 10.1. The van der Waals surface area contributed by atoms with Crippen molar-refractivity contribution in [2.75, 3.05) is 0 Å². The summed E-state index contributed by atoms with van der Waals surface area (Å²) < 4.78 is 0. The Hall–Kier alpha value is -2.48. The Labute approximate surface area is 90.0 Å². The second-order valence-corrected chi connectivity index (χ2v) is 2.77. The number of hydrogen-bond donors (Lipinski definition) is 3. The smallest absolute Gasteiger partial charge is 0.270 e. The molecule has 0 saturated heterocycles. The van der Waals surface area contributed by atoms with E-state index < -0.39 is 4.92 Å². The van der Waals surface area contributed by atoms with E-state index in [1.165, 1.54) is 12.1 Å². The van der Waals surface area contributed by atoms with Crippen LogP contribution in [0.4, 0.5) is 5.69 Å². The molecule has 16 heavy (non-hydrogen) atoms. The summed E-state index contributed by atoms with van der Waals surface area (Å²) in [5.41, 5.74) is 2.35. The Morgan fingerprint density at radius 3 is 2.69 bits per heavy atom. The number of non-ortho nitro benzene ring substituents is 1. The van der Waals surface area contributed by atoms with E-state index in [0.717, 1.165) is 6.07 Å². The fourth-order valence-electron chi connectivity index (χ4n) is 1.15. The first kappa shape index (κ1) is 11.6. The van der Waals surface area contributed by atoms with Crippen molar-refractivity contribution in [2.45, 2.75) is 0 Å². The van der Waals surface area contributed by atoms with Gasteiger partial charge in [-0.3, -0.25) is 14.9 Å². The zero-order valence-corrected chi connectivity index (χ0v) is 8.08. The number of carbonyl (C=O) groups is 1. The van der Waals surface area contributed by atoms with Crippen molar-refractivity contribution >= 4 is 17.8 Å². The number of hydrazone groups is 1. The SMILES string of the molecule is N/N=C(\NN)c1cc([N+](=O)[O-])ccc1C=O. The van der Waals surface area contributed by atoms with Crippen LogP contribution in [0.5, 0.6) is 0 Å². The van der Waals surface area contributed by atoms with Gasteiger partial charge in [-0.2, -0.15) is 5.10 Å². The van der Waals surface area contributed by atoms with Crippen LogP contribution in [0, 0.1) is 10.1 Å². The molecule has 0 fully saturated rings. The van der Waals surface area contributed by atoms with Crippen molar-refractivity contribution < 1.29 is 9.72 Å². The van der Waals surface area contributed by atoms with Crippen molar-refractivity contribution in [3.8, 4) is 0 Å². The number of nitrogens with one attached hydrogen (secondary N) is 1. The summed E-state index contributed by atoms with van der Waals surface area (Å²) in [6.45, 7) is 0. The Kier molecular flexibility index (Phi) is 3.51. The van der Waals surface area contributed by atoms with Crippen LogP contribution in [0.25, 0.3) is 0 Å². The predicted molar refractivity (Wildman–Crippen MR) is 56.5 cm³/mol. The summed E-state index contributed by atoms with van der Waals surface area (Å²) in [4.78, 5) is 20.7. The fraction of sp³-hybridized carbons (Fsp3) is 0. The standard InChI is InChI=1S/C8H9N5O3/c9-11-8(12-10)7-3-6(13(15)16)2-1-5(7)4-14/h1-4H,9-10H2,(H,11,12). The second-order valence-electron chi connectivity index (χ2n) is 2.77. The van der Waals surface area contributed by atoms with Crippen molar-refractivity contribution in [3.63, 3.8) is 0 Å². The molecule has 0 saturated carbocycles. The molecule has 1 rings (SSSR count). The first-order valence-corrected chi connectivity index (χ1v) is 4.12. The van der Waals surface area contributed by atoms with Crippen LogP contribution < -0.4 is 17.1 Å². The number of hydrazine groups is 1. The highest BCUT2D eigenvalue weighted by Gasteiger charge is 2.14. The number of nitrogens with two attached hydrogens (primary N) is 2. The molecule has 0 atom stereocenters. The number of nitrogens with zero attached hydrogens (tertiary/aromatic N) is 2. The summed E-state index contributed by atoms with van der Waals surface area (Å²) >= 11 is 0. The van der Waals surface area contributed by atoms with Crippen LogP contribution in [0.1, 0.15) is 15.9 Å². The zero-order chi connectivity index (χ0) is 12.1. The average molecular weight is 223 g/mol. The molecule has 84 valence electrons. The molecule has 0 aliphatic rings. The van der Waals surface area contributed by atoms with E-state index >= 15 is 0 Å². The lowest BCUT2D eigenvalue weighted by molar-refractivity contribution is -0.384. The molecule has 0 aromatic heterocycles. The summed E-state index contributed by atoms with van der Waals surface area (Å²) in [7, 11) is 0. The number of hydrogen-bond acceptors (Lipinski definition) is 6. The summed E-state index contributed by atoms with van der Waals surface area (Å²) in [5.74, 6) is 10.1. The van der Waals surface area contributed by atoms with Crippen LogP contribution in [0.2, 0.25) is 0 Å². The largest absolute Gasteiger partial charge is 0.321 e. The van der Waals surface area contributed by atoms with Crippen LogP contribution in [-0.4, -0.2) is 17.0 Å². The Bertz CT molecular complexity index is 457. The van der Waals surface area contributed by atoms with Gasteiger partial charge >= 0.3 is 0 Å². The van der Waals surface area contributed by atoms with E-state index in [0.29, 0.717) is 6.29 Å². The molecule has 0 bridgehead atoms. The number of amidine groups is 1. The van der Waals surface area contributed by atoms with Gasteiger partial charge in [-0.05, 0) is 6.07 Å². The van der Waals surface area contributed by atoms with Gasteiger partial charge in [0.1, 0.15) is 0 Å². The van der Waals surface area contributed by atoms with Gasteiger partial charge in [0, 0.05) is 23.3 Å². The lowest BCUT2D eigenvalue weighted by Crippen LogP contribution is -2.32. The molecule has 8 nitrogen and oxygen atoms in total. The van der Waals surface area contributed by atoms with E-state index in [9.17, 15) is 14.9 Å². The van der Waals surface area contributed by atoms with E-state index in [1.807, 2.05) is 0 Å². The number of aldehydes is 1. The molecule has 1 aromatic carbocycles. The van der Waals surface area contributed by atoms with E-state index in [2.05, 4.69) is 10.5 Å². The molecule has 0 heterocycles.